The van der Waals surface area contributed by atoms with Gasteiger partial charge in [-0.2, -0.15) is 0 Å². The molecular weight excluding hydrogens is 390 g/mol. The summed E-state index contributed by atoms with van der Waals surface area (Å²) in [6.45, 7) is 5.75. The van der Waals surface area contributed by atoms with Crippen LogP contribution in [-0.2, 0) is 0 Å². The number of hydrogen-bond acceptors (Lipinski definition) is 7. The summed E-state index contributed by atoms with van der Waals surface area (Å²) in [6, 6.07) is 3.35. The number of carbonyl (C=O) groups excluding carboxylic acids is 1. The lowest BCUT2D eigenvalue weighted by Crippen LogP contribution is -2.35. The fraction of sp³-hybridized carbons (Fsp3) is 0.400. The highest BCUT2D eigenvalue weighted by molar-refractivity contribution is 7.17. The fourth-order valence-corrected chi connectivity index (χ4v) is 4.28. The van der Waals surface area contributed by atoms with E-state index < -0.39 is 5.91 Å². The summed E-state index contributed by atoms with van der Waals surface area (Å²) in [5, 5.41) is 2.76. The third-order valence-electron chi connectivity index (χ3n) is 5.21. The Morgan fingerprint density at radius 2 is 2.03 bits per heavy atom. The summed E-state index contributed by atoms with van der Waals surface area (Å²) in [7, 11) is 2.10. The zero-order valence-electron chi connectivity index (χ0n) is 16.6. The van der Waals surface area contributed by atoms with E-state index in [1.807, 2.05) is 13.8 Å². The van der Waals surface area contributed by atoms with Crippen molar-refractivity contribution in [2.75, 3.05) is 25.5 Å². The minimum atomic E-state index is -0.503. The maximum Gasteiger partial charge on any atom is 0.271 e. The SMILES string of the molecule is Cc1sc2ncc(C(=O)Nc3ccnc(OC4CCN(C)CC4)c3)c(=O)n2c1C. The first-order valence-electron chi connectivity index (χ1n) is 9.52. The highest BCUT2D eigenvalue weighted by atomic mass is 32.1. The van der Waals surface area contributed by atoms with Crippen LogP contribution < -0.4 is 15.6 Å². The van der Waals surface area contributed by atoms with Gasteiger partial charge in [0.05, 0.1) is 0 Å². The van der Waals surface area contributed by atoms with Gasteiger partial charge in [-0.25, -0.2) is 9.97 Å². The van der Waals surface area contributed by atoms with Gasteiger partial charge < -0.3 is 15.0 Å². The fourth-order valence-electron chi connectivity index (χ4n) is 3.36. The number of likely N-dealkylation sites (tertiary alicyclic amines) is 1. The molecule has 4 rings (SSSR count). The lowest BCUT2D eigenvalue weighted by atomic mass is 10.1. The normalized spacial score (nSPS) is 15.6. The van der Waals surface area contributed by atoms with Gasteiger partial charge >= 0.3 is 0 Å². The van der Waals surface area contributed by atoms with Gasteiger partial charge in [-0.1, -0.05) is 0 Å². The van der Waals surface area contributed by atoms with Crippen molar-refractivity contribution in [3.63, 3.8) is 0 Å². The van der Waals surface area contributed by atoms with Crippen molar-refractivity contribution in [1.82, 2.24) is 19.3 Å². The van der Waals surface area contributed by atoms with E-state index in [0.717, 1.165) is 36.5 Å². The van der Waals surface area contributed by atoms with Gasteiger partial charge in [-0.3, -0.25) is 14.0 Å². The number of fused-ring (bicyclic) bond motifs is 1. The number of aryl methyl sites for hydroxylation is 2. The molecule has 1 aliphatic heterocycles. The molecule has 1 fully saturated rings. The van der Waals surface area contributed by atoms with Crippen LogP contribution in [0.15, 0.2) is 29.3 Å². The molecule has 0 saturated carbocycles. The topological polar surface area (TPSA) is 88.8 Å². The summed E-state index contributed by atoms with van der Waals surface area (Å²) < 4.78 is 7.45. The van der Waals surface area contributed by atoms with Crippen LogP contribution in [0, 0.1) is 13.8 Å². The van der Waals surface area contributed by atoms with Crippen LogP contribution in [0.25, 0.3) is 4.96 Å². The molecule has 1 N–H and O–H groups in total. The minimum Gasteiger partial charge on any atom is -0.474 e. The van der Waals surface area contributed by atoms with Gasteiger partial charge in [0.2, 0.25) is 5.88 Å². The Kier molecular flexibility index (Phi) is 5.33. The van der Waals surface area contributed by atoms with Crippen molar-refractivity contribution in [3.8, 4) is 5.88 Å². The van der Waals surface area contributed by atoms with E-state index in [4.69, 9.17) is 4.74 Å². The van der Waals surface area contributed by atoms with Crippen LogP contribution >= 0.6 is 11.3 Å². The maximum absolute atomic E-state index is 12.8. The Hall–Kier alpha value is -2.78. The Bertz CT molecular complexity index is 1110. The second kappa shape index (κ2) is 7.92. The van der Waals surface area contributed by atoms with Gasteiger partial charge in [0.1, 0.15) is 11.7 Å². The first-order chi connectivity index (χ1) is 13.9. The zero-order chi connectivity index (χ0) is 20.5. The van der Waals surface area contributed by atoms with E-state index in [0.29, 0.717) is 16.5 Å². The quantitative estimate of drug-likeness (QED) is 0.707. The van der Waals surface area contributed by atoms with Crippen LogP contribution in [0.1, 0.15) is 33.8 Å². The highest BCUT2D eigenvalue weighted by Crippen LogP contribution is 2.21. The van der Waals surface area contributed by atoms with Gasteiger partial charge in [-0.15, -0.1) is 11.3 Å². The largest absolute Gasteiger partial charge is 0.474 e. The van der Waals surface area contributed by atoms with Crippen molar-refractivity contribution in [3.05, 3.63) is 51.0 Å². The summed E-state index contributed by atoms with van der Waals surface area (Å²) >= 11 is 1.43. The molecule has 0 aromatic carbocycles. The predicted octanol–water partition coefficient (Wildman–Crippen LogP) is 2.49. The Morgan fingerprint density at radius 1 is 1.28 bits per heavy atom. The van der Waals surface area contributed by atoms with E-state index in [9.17, 15) is 9.59 Å². The predicted molar refractivity (Wildman–Crippen MR) is 112 cm³/mol. The van der Waals surface area contributed by atoms with Crippen molar-refractivity contribution in [1.29, 1.82) is 0 Å². The molecule has 1 saturated heterocycles. The van der Waals surface area contributed by atoms with Crippen LogP contribution in [0.5, 0.6) is 5.88 Å². The van der Waals surface area contributed by atoms with Crippen molar-refractivity contribution < 1.29 is 9.53 Å². The molecule has 1 aliphatic rings. The Morgan fingerprint density at radius 3 is 2.79 bits per heavy atom. The number of amides is 1. The standard InChI is InChI=1S/C20H23N5O3S/c1-12-13(2)29-20-22-11-16(19(27)25(12)20)18(26)23-14-4-7-21-17(10-14)28-15-5-8-24(3)9-6-15/h4,7,10-11,15H,5-6,8-9H2,1-3H3,(H,21,23,26). The molecule has 4 heterocycles. The maximum atomic E-state index is 12.8. The molecule has 0 unspecified atom stereocenters. The molecule has 3 aromatic heterocycles. The molecule has 1 amide bonds. The zero-order valence-corrected chi connectivity index (χ0v) is 17.5. The number of piperidine rings is 1. The molecule has 0 radical (unpaired) electrons. The Labute approximate surface area is 172 Å². The second-order valence-electron chi connectivity index (χ2n) is 7.30. The first-order valence-corrected chi connectivity index (χ1v) is 10.3. The Balaban J connectivity index is 1.51. The van der Waals surface area contributed by atoms with E-state index in [-0.39, 0.29) is 17.2 Å². The molecule has 0 aliphatic carbocycles. The average molecular weight is 414 g/mol. The number of carbonyl (C=O) groups is 1. The van der Waals surface area contributed by atoms with Crippen molar-refractivity contribution >= 4 is 27.9 Å². The van der Waals surface area contributed by atoms with E-state index >= 15 is 0 Å². The third kappa shape index (κ3) is 4.01. The average Bonchev–Trinajstić information content (AvgIpc) is 2.99. The van der Waals surface area contributed by atoms with Crippen molar-refractivity contribution in [2.24, 2.45) is 0 Å². The van der Waals surface area contributed by atoms with Crippen LogP contribution in [-0.4, -0.2) is 51.4 Å². The molecule has 9 heteroatoms. The highest BCUT2D eigenvalue weighted by Gasteiger charge is 2.20. The van der Waals surface area contributed by atoms with Gasteiger partial charge in [0.25, 0.3) is 11.5 Å². The van der Waals surface area contributed by atoms with Crippen LogP contribution in [0.3, 0.4) is 0 Å². The number of thiazole rings is 1. The molecule has 8 nitrogen and oxygen atoms in total. The van der Waals surface area contributed by atoms with Gasteiger partial charge in [-0.05, 0) is 39.8 Å². The smallest absolute Gasteiger partial charge is 0.271 e. The number of nitrogens with one attached hydrogen (secondary N) is 1. The molecule has 0 bridgehead atoms. The molecule has 0 atom stereocenters. The number of rotatable bonds is 4. The van der Waals surface area contributed by atoms with Crippen LogP contribution in [0.4, 0.5) is 5.69 Å². The minimum absolute atomic E-state index is 0.00185. The summed E-state index contributed by atoms with van der Waals surface area (Å²) in [5.41, 5.74) is 0.953. The summed E-state index contributed by atoms with van der Waals surface area (Å²) in [5.74, 6) is -0.0384. The first kappa shape index (κ1) is 19.5. The van der Waals surface area contributed by atoms with Gasteiger partial charge in [0.15, 0.2) is 4.96 Å². The van der Waals surface area contributed by atoms with Crippen molar-refractivity contribution in [2.45, 2.75) is 32.8 Å². The molecule has 152 valence electrons. The molecule has 29 heavy (non-hydrogen) atoms. The molecule has 0 spiro atoms. The number of anilines is 1. The number of hydrogen-bond donors (Lipinski definition) is 1. The summed E-state index contributed by atoms with van der Waals surface area (Å²) in [6.07, 6.45) is 4.92. The number of nitrogens with zero attached hydrogens (tertiary/aromatic N) is 4. The summed E-state index contributed by atoms with van der Waals surface area (Å²) in [4.78, 5) is 37.8. The number of pyridine rings is 1. The molecule has 3 aromatic rings. The second-order valence-corrected chi connectivity index (χ2v) is 8.48. The van der Waals surface area contributed by atoms with Crippen LogP contribution in [0.2, 0.25) is 0 Å². The number of aromatic nitrogens is 3. The molecular formula is C20H23N5O3S. The lowest BCUT2D eigenvalue weighted by molar-refractivity contribution is 0.102. The van der Waals surface area contributed by atoms with E-state index in [1.54, 1.807) is 18.3 Å². The monoisotopic (exact) mass is 413 g/mol. The van der Waals surface area contributed by atoms with E-state index in [1.165, 1.54) is 21.9 Å². The third-order valence-corrected chi connectivity index (χ3v) is 6.28. The lowest BCUT2D eigenvalue weighted by Gasteiger charge is -2.28. The van der Waals surface area contributed by atoms with Gasteiger partial charge in [0, 0.05) is 47.8 Å². The van der Waals surface area contributed by atoms with E-state index in [2.05, 4.69) is 27.2 Å². The number of ether oxygens (including phenoxy) is 1.